The Balaban J connectivity index is 0.00000441. The zero-order chi connectivity index (χ0) is 15.6. The van der Waals surface area contributed by atoms with Crippen LogP contribution >= 0.6 is 35.3 Å². The largest absolute Gasteiger partial charge is 0.357 e. The number of sulfonamides is 1. The number of hydrogen-bond donors (Lipinski definition) is 3. The highest BCUT2D eigenvalue weighted by atomic mass is 127. The molecule has 9 heteroatoms. The average molecular weight is 460 g/mol. The van der Waals surface area contributed by atoms with E-state index in [0.29, 0.717) is 19.5 Å². The van der Waals surface area contributed by atoms with E-state index in [9.17, 15) is 8.42 Å². The van der Waals surface area contributed by atoms with Crippen LogP contribution in [0.4, 0.5) is 0 Å². The second-order valence-electron chi connectivity index (χ2n) is 4.54. The summed E-state index contributed by atoms with van der Waals surface area (Å²) in [6, 6.07) is 4.17. The number of rotatable bonds is 9. The summed E-state index contributed by atoms with van der Waals surface area (Å²) in [6.45, 7) is 4.63. The average Bonchev–Trinajstić information content (AvgIpc) is 2.90. The van der Waals surface area contributed by atoms with Gasteiger partial charge in [-0.05, 0) is 31.2 Å². The lowest BCUT2D eigenvalue weighted by molar-refractivity contribution is 0.585. The highest BCUT2D eigenvalue weighted by molar-refractivity contribution is 14.0. The normalized spacial score (nSPS) is 11.8. The van der Waals surface area contributed by atoms with Gasteiger partial charge in [-0.2, -0.15) is 0 Å². The van der Waals surface area contributed by atoms with Gasteiger partial charge in [0.25, 0.3) is 0 Å². The number of aliphatic imine (C=N–C) groups is 1. The Kier molecular flexibility index (Phi) is 11.9. The molecular weight excluding hydrogens is 435 g/mol. The fourth-order valence-corrected chi connectivity index (χ4v) is 2.85. The Labute approximate surface area is 154 Å². The fraction of sp³-hybridized carbons (Fsp3) is 0.615. The van der Waals surface area contributed by atoms with Crippen LogP contribution in [-0.2, 0) is 16.4 Å². The van der Waals surface area contributed by atoms with Crippen molar-refractivity contribution in [2.75, 3.05) is 32.4 Å². The molecule has 0 aliphatic heterocycles. The van der Waals surface area contributed by atoms with Crippen LogP contribution in [0.3, 0.4) is 0 Å². The van der Waals surface area contributed by atoms with Crippen LogP contribution in [0.5, 0.6) is 0 Å². The van der Waals surface area contributed by atoms with Crippen molar-refractivity contribution in [3.8, 4) is 0 Å². The van der Waals surface area contributed by atoms with Gasteiger partial charge in [-0.25, -0.2) is 13.1 Å². The number of hydrogen-bond acceptors (Lipinski definition) is 4. The molecule has 0 amide bonds. The van der Waals surface area contributed by atoms with Gasteiger partial charge >= 0.3 is 0 Å². The lowest BCUT2D eigenvalue weighted by atomic mass is 10.3. The van der Waals surface area contributed by atoms with Crippen molar-refractivity contribution < 1.29 is 8.42 Å². The highest BCUT2D eigenvalue weighted by Crippen LogP contribution is 2.07. The molecule has 1 aromatic rings. The standard InChI is InChI=1S/C13H24N4O2S2.HI/c1-3-14-13(15-8-5-9-17-21(2,18)19)16-10-7-12-6-4-11-20-12;/h4,6,11,17H,3,5,7-10H2,1-2H3,(H2,14,15,16);1H. The summed E-state index contributed by atoms with van der Waals surface area (Å²) in [5.41, 5.74) is 0. The fourth-order valence-electron chi connectivity index (χ4n) is 1.63. The van der Waals surface area contributed by atoms with Gasteiger partial charge in [0.15, 0.2) is 5.96 Å². The van der Waals surface area contributed by atoms with E-state index in [2.05, 4.69) is 31.8 Å². The molecule has 0 aliphatic carbocycles. The summed E-state index contributed by atoms with van der Waals surface area (Å²) in [6.07, 6.45) is 2.80. The second kappa shape index (κ2) is 12.1. The molecule has 1 rings (SSSR count). The van der Waals surface area contributed by atoms with Gasteiger partial charge in [0.05, 0.1) is 6.26 Å². The molecule has 0 saturated heterocycles. The highest BCUT2D eigenvalue weighted by Gasteiger charge is 2.00. The molecule has 0 saturated carbocycles. The minimum absolute atomic E-state index is 0. The molecule has 22 heavy (non-hydrogen) atoms. The minimum Gasteiger partial charge on any atom is -0.357 e. The van der Waals surface area contributed by atoms with Gasteiger partial charge in [0.2, 0.25) is 10.0 Å². The maximum absolute atomic E-state index is 10.9. The van der Waals surface area contributed by atoms with Crippen LogP contribution in [0.25, 0.3) is 0 Å². The third-order valence-electron chi connectivity index (χ3n) is 2.56. The smallest absolute Gasteiger partial charge is 0.208 e. The number of guanidine groups is 1. The third-order valence-corrected chi connectivity index (χ3v) is 4.22. The molecule has 1 aromatic heterocycles. The van der Waals surface area contributed by atoms with Gasteiger partial charge < -0.3 is 10.6 Å². The Morgan fingerprint density at radius 3 is 2.68 bits per heavy atom. The lowest BCUT2D eigenvalue weighted by Crippen LogP contribution is -2.38. The quantitative estimate of drug-likeness (QED) is 0.225. The predicted octanol–water partition coefficient (Wildman–Crippen LogP) is 1.40. The van der Waals surface area contributed by atoms with Gasteiger partial charge in [0, 0.05) is 31.1 Å². The molecule has 3 N–H and O–H groups in total. The van der Waals surface area contributed by atoms with Gasteiger partial charge in [-0.3, -0.25) is 4.99 Å². The first-order valence-corrected chi connectivity index (χ1v) is 9.77. The van der Waals surface area contributed by atoms with Crippen molar-refractivity contribution in [2.24, 2.45) is 4.99 Å². The number of halogens is 1. The van der Waals surface area contributed by atoms with E-state index in [1.54, 1.807) is 11.3 Å². The Morgan fingerprint density at radius 2 is 2.09 bits per heavy atom. The van der Waals surface area contributed by atoms with Crippen molar-refractivity contribution in [2.45, 2.75) is 19.8 Å². The first-order valence-electron chi connectivity index (χ1n) is 7.00. The monoisotopic (exact) mass is 460 g/mol. The van der Waals surface area contributed by atoms with Crippen LogP contribution in [0.15, 0.2) is 22.5 Å². The van der Waals surface area contributed by atoms with Crippen molar-refractivity contribution in [3.05, 3.63) is 22.4 Å². The first kappa shape index (κ1) is 21.6. The van der Waals surface area contributed by atoms with Crippen LogP contribution in [0.1, 0.15) is 18.2 Å². The molecule has 6 nitrogen and oxygen atoms in total. The number of nitrogens with zero attached hydrogens (tertiary/aromatic N) is 1. The minimum atomic E-state index is -3.10. The van der Waals surface area contributed by atoms with Gasteiger partial charge in [-0.1, -0.05) is 6.07 Å². The molecule has 0 radical (unpaired) electrons. The molecular formula is C13H25IN4O2S2. The van der Waals surface area contributed by atoms with Crippen molar-refractivity contribution >= 4 is 51.3 Å². The molecule has 0 atom stereocenters. The number of thiophene rings is 1. The molecule has 0 aromatic carbocycles. The van der Waals surface area contributed by atoms with Gasteiger partial charge in [-0.15, -0.1) is 35.3 Å². The predicted molar refractivity (Wildman–Crippen MR) is 105 cm³/mol. The van der Waals surface area contributed by atoms with E-state index in [1.165, 1.54) is 4.88 Å². The number of nitrogens with one attached hydrogen (secondary N) is 3. The van der Waals surface area contributed by atoms with Crippen LogP contribution in [-0.4, -0.2) is 46.8 Å². The molecule has 128 valence electrons. The van der Waals surface area contributed by atoms with E-state index in [0.717, 1.165) is 31.7 Å². The first-order chi connectivity index (χ1) is 10.0. The zero-order valence-electron chi connectivity index (χ0n) is 13.0. The molecule has 0 aliphatic rings. The maximum Gasteiger partial charge on any atom is 0.208 e. The van der Waals surface area contributed by atoms with Crippen LogP contribution in [0.2, 0.25) is 0 Å². The third kappa shape index (κ3) is 11.2. The SMILES string of the molecule is CCNC(=NCCCNS(C)(=O)=O)NCCc1cccs1.I. The maximum atomic E-state index is 10.9. The lowest BCUT2D eigenvalue weighted by Gasteiger charge is -2.10. The molecule has 0 bridgehead atoms. The molecule has 0 unspecified atom stereocenters. The topological polar surface area (TPSA) is 82.6 Å². The molecule has 1 heterocycles. The van der Waals surface area contributed by atoms with Crippen molar-refractivity contribution in [1.82, 2.24) is 15.4 Å². The summed E-state index contributed by atoms with van der Waals surface area (Å²) in [7, 11) is -3.10. The Bertz CT molecular complexity index is 518. The molecule has 0 fully saturated rings. The summed E-state index contributed by atoms with van der Waals surface area (Å²) < 4.78 is 24.3. The second-order valence-corrected chi connectivity index (χ2v) is 7.40. The zero-order valence-corrected chi connectivity index (χ0v) is 16.9. The summed E-state index contributed by atoms with van der Waals surface area (Å²) >= 11 is 1.75. The van der Waals surface area contributed by atoms with Crippen LogP contribution < -0.4 is 15.4 Å². The summed E-state index contributed by atoms with van der Waals surface area (Å²) in [5, 5.41) is 8.52. The van der Waals surface area contributed by atoms with Crippen LogP contribution in [0, 0.1) is 0 Å². The summed E-state index contributed by atoms with van der Waals surface area (Å²) in [5.74, 6) is 0.772. The summed E-state index contributed by atoms with van der Waals surface area (Å²) in [4.78, 5) is 5.76. The van der Waals surface area contributed by atoms with Crippen molar-refractivity contribution in [3.63, 3.8) is 0 Å². The Hall–Kier alpha value is -0.390. The van der Waals surface area contributed by atoms with E-state index in [-0.39, 0.29) is 24.0 Å². The molecule has 0 spiro atoms. The van der Waals surface area contributed by atoms with E-state index >= 15 is 0 Å². The van der Waals surface area contributed by atoms with Crippen molar-refractivity contribution in [1.29, 1.82) is 0 Å². The van der Waals surface area contributed by atoms with E-state index in [4.69, 9.17) is 0 Å². The van der Waals surface area contributed by atoms with E-state index < -0.39 is 10.0 Å². The Morgan fingerprint density at radius 1 is 1.32 bits per heavy atom. The van der Waals surface area contributed by atoms with Gasteiger partial charge in [0.1, 0.15) is 0 Å². The van der Waals surface area contributed by atoms with E-state index in [1.807, 2.05) is 13.0 Å².